The van der Waals surface area contributed by atoms with E-state index in [2.05, 4.69) is 45.1 Å². The van der Waals surface area contributed by atoms with Crippen LogP contribution in [0.3, 0.4) is 0 Å². The van der Waals surface area contributed by atoms with Crippen molar-refractivity contribution in [1.82, 2.24) is 5.32 Å². The van der Waals surface area contributed by atoms with E-state index in [1.165, 1.54) is 5.56 Å². The lowest BCUT2D eigenvalue weighted by Crippen LogP contribution is -2.34. The molecule has 106 valence electrons. The summed E-state index contributed by atoms with van der Waals surface area (Å²) in [6, 6.07) is 10.2. The minimum absolute atomic E-state index is 0.162. The third-order valence-corrected chi connectivity index (χ3v) is 3.73. The van der Waals surface area contributed by atoms with E-state index in [0.717, 1.165) is 13.0 Å². The maximum absolute atomic E-state index is 11.9. The molecule has 1 aromatic carbocycles. The zero-order valence-electron chi connectivity index (χ0n) is 12.6. The van der Waals surface area contributed by atoms with Gasteiger partial charge in [-0.25, -0.2) is 0 Å². The Bertz CT molecular complexity index is 362. The Balaban J connectivity index is 2.31. The van der Waals surface area contributed by atoms with Gasteiger partial charge in [0.25, 0.3) is 0 Å². The zero-order chi connectivity index (χ0) is 14.3. The predicted octanol–water partition coefficient (Wildman–Crippen LogP) is 3.66. The Morgan fingerprint density at radius 1 is 1.05 bits per heavy atom. The average molecular weight is 261 g/mol. The number of hydrogen-bond acceptors (Lipinski definition) is 1. The van der Waals surface area contributed by atoms with Crippen molar-refractivity contribution in [3.05, 3.63) is 35.9 Å². The van der Waals surface area contributed by atoms with Crippen LogP contribution in [0.2, 0.25) is 0 Å². The Kier molecular flexibility index (Phi) is 6.61. The second-order valence-electron chi connectivity index (χ2n) is 5.94. The van der Waals surface area contributed by atoms with Crippen LogP contribution in [0.5, 0.6) is 0 Å². The van der Waals surface area contributed by atoms with Gasteiger partial charge < -0.3 is 5.32 Å². The molecule has 1 amide bonds. The van der Waals surface area contributed by atoms with E-state index in [9.17, 15) is 4.79 Å². The van der Waals surface area contributed by atoms with Crippen molar-refractivity contribution in [2.75, 3.05) is 6.54 Å². The van der Waals surface area contributed by atoms with Crippen molar-refractivity contribution in [3.63, 3.8) is 0 Å². The first-order valence-electron chi connectivity index (χ1n) is 7.31. The molecule has 0 radical (unpaired) electrons. The largest absolute Gasteiger partial charge is 0.356 e. The SMILES string of the molecule is CC(C)C(CNC(=O)CCc1ccccc1)C(C)C. The van der Waals surface area contributed by atoms with Crippen molar-refractivity contribution >= 4 is 5.91 Å². The van der Waals surface area contributed by atoms with Crippen LogP contribution in [0.15, 0.2) is 30.3 Å². The van der Waals surface area contributed by atoms with E-state index in [1.54, 1.807) is 0 Å². The van der Waals surface area contributed by atoms with Crippen molar-refractivity contribution in [3.8, 4) is 0 Å². The molecule has 2 heteroatoms. The molecule has 0 fully saturated rings. The summed E-state index contributed by atoms with van der Waals surface area (Å²) >= 11 is 0. The molecule has 0 atom stereocenters. The van der Waals surface area contributed by atoms with E-state index in [-0.39, 0.29) is 5.91 Å². The lowest BCUT2D eigenvalue weighted by Gasteiger charge is -2.25. The van der Waals surface area contributed by atoms with Crippen molar-refractivity contribution in [2.24, 2.45) is 17.8 Å². The molecule has 0 saturated carbocycles. The maximum Gasteiger partial charge on any atom is 0.220 e. The fourth-order valence-corrected chi connectivity index (χ4v) is 2.46. The van der Waals surface area contributed by atoms with Crippen molar-refractivity contribution in [2.45, 2.75) is 40.5 Å². The van der Waals surface area contributed by atoms with Crippen LogP contribution in [0, 0.1) is 17.8 Å². The topological polar surface area (TPSA) is 29.1 Å². The Hall–Kier alpha value is -1.31. The quantitative estimate of drug-likeness (QED) is 0.797. The molecule has 0 aliphatic heterocycles. The standard InChI is InChI=1S/C17H27NO/c1-13(2)16(14(3)4)12-18-17(19)11-10-15-8-6-5-7-9-15/h5-9,13-14,16H,10-12H2,1-4H3,(H,18,19). The number of nitrogens with one attached hydrogen (secondary N) is 1. The fourth-order valence-electron chi connectivity index (χ4n) is 2.46. The summed E-state index contributed by atoms with van der Waals surface area (Å²) in [5, 5.41) is 3.08. The Labute approximate surface area is 117 Å². The average Bonchev–Trinajstić information content (AvgIpc) is 2.37. The van der Waals surface area contributed by atoms with Crippen LogP contribution < -0.4 is 5.32 Å². The van der Waals surface area contributed by atoms with Gasteiger partial charge >= 0.3 is 0 Å². The van der Waals surface area contributed by atoms with Gasteiger partial charge in [-0.15, -0.1) is 0 Å². The number of aryl methyl sites for hydroxylation is 1. The van der Waals surface area contributed by atoms with E-state index in [0.29, 0.717) is 24.2 Å². The molecule has 0 aliphatic rings. The molecule has 1 aromatic rings. The van der Waals surface area contributed by atoms with Gasteiger partial charge in [0.2, 0.25) is 5.91 Å². The van der Waals surface area contributed by atoms with Gasteiger partial charge in [0.1, 0.15) is 0 Å². The Morgan fingerprint density at radius 3 is 2.16 bits per heavy atom. The van der Waals surface area contributed by atoms with Gasteiger partial charge in [-0.1, -0.05) is 58.0 Å². The molecule has 0 spiro atoms. The third kappa shape index (κ3) is 5.91. The molecule has 1 N–H and O–H groups in total. The molecule has 0 saturated heterocycles. The predicted molar refractivity (Wildman–Crippen MR) is 80.9 cm³/mol. The van der Waals surface area contributed by atoms with Gasteiger partial charge in [-0.3, -0.25) is 4.79 Å². The monoisotopic (exact) mass is 261 g/mol. The second kappa shape index (κ2) is 7.98. The molecular formula is C17H27NO. The number of hydrogen-bond donors (Lipinski definition) is 1. The summed E-state index contributed by atoms with van der Waals surface area (Å²) in [5.41, 5.74) is 1.22. The molecule has 0 heterocycles. The lowest BCUT2D eigenvalue weighted by atomic mass is 9.85. The number of carbonyl (C=O) groups is 1. The number of carbonyl (C=O) groups excluding carboxylic acids is 1. The van der Waals surface area contributed by atoms with Gasteiger partial charge in [0.15, 0.2) is 0 Å². The highest BCUT2D eigenvalue weighted by molar-refractivity contribution is 5.76. The minimum Gasteiger partial charge on any atom is -0.356 e. The van der Waals surface area contributed by atoms with E-state index >= 15 is 0 Å². The van der Waals surface area contributed by atoms with Crippen molar-refractivity contribution < 1.29 is 4.79 Å². The number of benzene rings is 1. The van der Waals surface area contributed by atoms with E-state index < -0.39 is 0 Å². The molecule has 0 bridgehead atoms. The molecule has 0 aromatic heterocycles. The normalized spacial score (nSPS) is 11.3. The van der Waals surface area contributed by atoms with E-state index in [4.69, 9.17) is 0 Å². The third-order valence-electron chi connectivity index (χ3n) is 3.73. The van der Waals surface area contributed by atoms with Gasteiger partial charge in [-0.2, -0.15) is 0 Å². The van der Waals surface area contributed by atoms with Gasteiger partial charge in [0, 0.05) is 13.0 Å². The summed E-state index contributed by atoms with van der Waals surface area (Å²) in [6.45, 7) is 9.69. The first-order valence-corrected chi connectivity index (χ1v) is 7.31. The summed E-state index contributed by atoms with van der Waals surface area (Å²) in [7, 11) is 0. The highest BCUT2D eigenvalue weighted by Gasteiger charge is 2.17. The molecular weight excluding hydrogens is 234 g/mol. The summed E-state index contributed by atoms with van der Waals surface area (Å²) in [5.74, 6) is 1.93. The molecule has 19 heavy (non-hydrogen) atoms. The summed E-state index contributed by atoms with van der Waals surface area (Å²) in [4.78, 5) is 11.9. The van der Waals surface area contributed by atoms with Crippen LogP contribution in [0.1, 0.15) is 39.7 Å². The highest BCUT2D eigenvalue weighted by atomic mass is 16.1. The highest BCUT2D eigenvalue weighted by Crippen LogP contribution is 2.19. The van der Waals surface area contributed by atoms with E-state index in [1.807, 2.05) is 18.2 Å². The van der Waals surface area contributed by atoms with Gasteiger partial charge in [0.05, 0.1) is 0 Å². The van der Waals surface area contributed by atoms with Crippen LogP contribution in [-0.2, 0) is 11.2 Å². The molecule has 0 aliphatic carbocycles. The first kappa shape index (κ1) is 15.7. The summed E-state index contributed by atoms with van der Waals surface area (Å²) < 4.78 is 0. The maximum atomic E-state index is 11.9. The summed E-state index contributed by atoms with van der Waals surface area (Å²) in [6.07, 6.45) is 1.40. The second-order valence-corrected chi connectivity index (χ2v) is 5.94. The molecule has 0 unspecified atom stereocenters. The van der Waals surface area contributed by atoms with Crippen molar-refractivity contribution in [1.29, 1.82) is 0 Å². The fraction of sp³-hybridized carbons (Fsp3) is 0.588. The number of amides is 1. The molecule has 2 nitrogen and oxygen atoms in total. The lowest BCUT2D eigenvalue weighted by molar-refractivity contribution is -0.121. The number of rotatable bonds is 7. The first-order chi connectivity index (χ1) is 9.00. The zero-order valence-corrected chi connectivity index (χ0v) is 12.6. The van der Waals surface area contributed by atoms with Crippen LogP contribution in [-0.4, -0.2) is 12.5 Å². The molecule has 1 rings (SSSR count). The minimum atomic E-state index is 0.162. The Morgan fingerprint density at radius 2 is 1.63 bits per heavy atom. The van der Waals surface area contributed by atoms with Crippen LogP contribution in [0.25, 0.3) is 0 Å². The van der Waals surface area contributed by atoms with Crippen LogP contribution in [0.4, 0.5) is 0 Å². The van der Waals surface area contributed by atoms with Crippen LogP contribution >= 0.6 is 0 Å². The van der Waals surface area contributed by atoms with Gasteiger partial charge in [-0.05, 0) is 29.7 Å². The smallest absolute Gasteiger partial charge is 0.220 e.